The number of aromatic nitrogens is 3. The molecular formula is C14H18ClN3O2S. The molecule has 0 aliphatic rings. The summed E-state index contributed by atoms with van der Waals surface area (Å²) in [5.74, 6) is 2.00. The average Bonchev–Trinajstić information content (AvgIpc) is 2.80. The summed E-state index contributed by atoms with van der Waals surface area (Å²) in [6.07, 6.45) is 1.19. The molecule has 0 fully saturated rings. The van der Waals surface area contributed by atoms with Crippen LogP contribution in [0.5, 0.6) is 0 Å². The van der Waals surface area contributed by atoms with Gasteiger partial charge in [-0.3, -0.25) is 0 Å². The van der Waals surface area contributed by atoms with E-state index in [4.69, 9.17) is 11.6 Å². The molecule has 0 radical (unpaired) electrons. The van der Waals surface area contributed by atoms with E-state index in [-0.39, 0.29) is 10.8 Å². The Kier molecular flexibility index (Phi) is 4.68. The topological polar surface area (TPSA) is 64.8 Å². The molecule has 0 N–H and O–H groups in total. The standard InChI is InChI=1S/C14H18ClN3O2S/c1-10(2)9-18-13(8-15)16-17-14(18)11-5-4-6-12(7-11)21(3,19)20/h4-7,10H,8-9H2,1-3H3. The van der Waals surface area contributed by atoms with Crippen LogP contribution < -0.4 is 0 Å². The normalized spacial score (nSPS) is 12.0. The summed E-state index contributed by atoms with van der Waals surface area (Å²) in [5, 5.41) is 8.25. The third-order valence-electron chi connectivity index (χ3n) is 3.02. The van der Waals surface area contributed by atoms with E-state index in [0.717, 1.165) is 12.1 Å². The lowest BCUT2D eigenvalue weighted by atomic mass is 10.2. The summed E-state index contributed by atoms with van der Waals surface area (Å²) < 4.78 is 25.3. The lowest BCUT2D eigenvalue weighted by Gasteiger charge is -2.12. The van der Waals surface area contributed by atoms with Crippen molar-refractivity contribution in [1.82, 2.24) is 14.8 Å². The quantitative estimate of drug-likeness (QED) is 0.792. The fourth-order valence-electron chi connectivity index (χ4n) is 2.07. The van der Waals surface area contributed by atoms with Crippen LogP contribution >= 0.6 is 11.6 Å². The van der Waals surface area contributed by atoms with E-state index in [1.807, 2.05) is 10.6 Å². The first-order valence-electron chi connectivity index (χ1n) is 6.61. The molecule has 21 heavy (non-hydrogen) atoms. The van der Waals surface area contributed by atoms with Crippen molar-refractivity contribution in [3.63, 3.8) is 0 Å². The number of rotatable bonds is 5. The van der Waals surface area contributed by atoms with Crippen molar-refractivity contribution in [3.05, 3.63) is 30.1 Å². The highest BCUT2D eigenvalue weighted by Gasteiger charge is 2.16. The number of benzene rings is 1. The van der Waals surface area contributed by atoms with Gasteiger partial charge in [-0.25, -0.2) is 8.42 Å². The van der Waals surface area contributed by atoms with Crippen molar-refractivity contribution < 1.29 is 8.42 Å². The Hall–Kier alpha value is -1.40. The monoisotopic (exact) mass is 327 g/mol. The van der Waals surface area contributed by atoms with Crippen LogP contribution in [0.15, 0.2) is 29.2 Å². The molecule has 0 aliphatic heterocycles. The molecular weight excluding hydrogens is 310 g/mol. The largest absolute Gasteiger partial charge is 0.310 e. The molecule has 0 atom stereocenters. The molecule has 1 heterocycles. The Bertz CT molecular complexity index is 738. The number of hydrogen-bond acceptors (Lipinski definition) is 4. The zero-order valence-corrected chi connectivity index (χ0v) is 13.8. The maximum absolute atomic E-state index is 11.7. The van der Waals surface area contributed by atoms with Crippen LogP contribution in [0.2, 0.25) is 0 Å². The van der Waals surface area contributed by atoms with Gasteiger partial charge < -0.3 is 4.57 Å². The molecule has 0 aliphatic carbocycles. The fraction of sp³-hybridized carbons (Fsp3) is 0.429. The van der Waals surface area contributed by atoms with Gasteiger partial charge in [-0.1, -0.05) is 26.0 Å². The highest BCUT2D eigenvalue weighted by molar-refractivity contribution is 7.90. The van der Waals surface area contributed by atoms with Gasteiger partial charge in [0.1, 0.15) is 5.82 Å². The number of alkyl halides is 1. The van der Waals surface area contributed by atoms with E-state index in [1.54, 1.807) is 18.2 Å². The summed E-state index contributed by atoms with van der Waals surface area (Å²) in [6.45, 7) is 4.91. The summed E-state index contributed by atoms with van der Waals surface area (Å²) in [6, 6.07) is 6.73. The molecule has 2 aromatic rings. The summed E-state index contributed by atoms with van der Waals surface area (Å²) >= 11 is 5.90. The first-order valence-corrected chi connectivity index (χ1v) is 9.04. The zero-order chi connectivity index (χ0) is 15.6. The van der Waals surface area contributed by atoms with Gasteiger partial charge in [0.15, 0.2) is 15.7 Å². The average molecular weight is 328 g/mol. The third-order valence-corrected chi connectivity index (χ3v) is 4.36. The second-order valence-electron chi connectivity index (χ2n) is 5.38. The zero-order valence-electron chi connectivity index (χ0n) is 12.2. The minimum atomic E-state index is -3.25. The minimum absolute atomic E-state index is 0.269. The van der Waals surface area contributed by atoms with Crippen molar-refractivity contribution in [2.45, 2.75) is 31.2 Å². The highest BCUT2D eigenvalue weighted by Crippen LogP contribution is 2.23. The third kappa shape index (κ3) is 3.63. The van der Waals surface area contributed by atoms with Gasteiger partial charge in [-0.05, 0) is 18.1 Å². The molecule has 2 rings (SSSR count). The van der Waals surface area contributed by atoms with Crippen LogP contribution in [0.4, 0.5) is 0 Å². The molecule has 0 spiro atoms. The number of halogens is 1. The lowest BCUT2D eigenvalue weighted by Crippen LogP contribution is -2.09. The van der Waals surface area contributed by atoms with Gasteiger partial charge in [-0.15, -0.1) is 21.8 Å². The summed E-state index contributed by atoms with van der Waals surface area (Å²) in [7, 11) is -3.25. The summed E-state index contributed by atoms with van der Waals surface area (Å²) in [5.41, 5.74) is 0.724. The second kappa shape index (κ2) is 6.15. The number of nitrogens with zero attached hydrogens (tertiary/aromatic N) is 3. The van der Waals surface area contributed by atoms with Crippen LogP contribution in [-0.2, 0) is 22.3 Å². The Morgan fingerprint density at radius 2 is 2.00 bits per heavy atom. The maximum Gasteiger partial charge on any atom is 0.175 e. The van der Waals surface area contributed by atoms with Crippen LogP contribution in [-0.4, -0.2) is 29.4 Å². The number of hydrogen-bond donors (Lipinski definition) is 0. The Balaban J connectivity index is 2.54. The van der Waals surface area contributed by atoms with Crippen LogP contribution in [0.1, 0.15) is 19.7 Å². The van der Waals surface area contributed by atoms with Gasteiger partial charge in [0.25, 0.3) is 0 Å². The Morgan fingerprint density at radius 1 is 1.29 bits per heavy atom. The van der Waals surface area contributed by atoms with E-state index >= 15 is 0 Å². The summed E-state index contributed by atoms with van der Waals surface area (Å²) in [4.78, 5) is 0.270. The molecule has 0 bridgehead atoms. The predicted octanol–water partition coefficient (Wildman–Crippen LogP) is 2.74. The van der Waals surface area contributed by atoms with Crippen LogP contribution in [0.25, 0.3) is 11.4 Å². The Labute approximate surface area is 129 Å². The first-order chi connectivity index (χ1) is 9.82. The predicted molar refractivity (Wildman–Crippen MR) is 83.0 cm³/mol. The first kappa shape index (κ1) is 16.0. The van der Waals surface area contributed by atoms with E-state index in [2.05, 4.69) is 24.0 Å². The molecule has 114 valence electrons. The highest BCUT2D eigenvalue weighted by atomic mass is 35.5. The van der Waals surface area contributed by atoms with Crippen molar-refractivity contribution in [2.24, 2.45) is 5.92 Å². The van der Waals surface area contributed by atoms with E-state index in [1.165, 1.54) is 6.26 Å². The van der Waals surface area contributed by atoms with Gasteiger partial charge in [0, 0.05) is 18.4 Å². The van der Waals surface area contributed by atoms with Crippen molar-refractivity contribution >= 4 is 21.4 Å². The molecule has 0 unspecified atom stereocenters. The minimum Gasteiger partial charge on any atom is -0.310 e. The van der Waals surface area contributed by atoms with Crippen LogP contribution in [0, 0.1) is 5.92 Å². The smallest absolute Gasteiger partial charge is 0.175 e. The molecule has 1 aromatic heterocycles. The van der Waals surface area contributed by atoms with Gasteiger partial charge >= 0.3 is 0 Å². The molecule has 0 amide bonds. The molecule has 5 nitrogen and oxygen atoms in total. The van der Waals surface area contributed by atoms with Crippen molar-refractivity contribution in [2.75, 3.05) is 6.26 Å². The SMILES string of the molecule is CC(C)Cn1c(CCl)nnc1-c1cccc(S(C)(=O)=O)c1. The maximum atomic E-state index is 11.7. The van der Waals surface area contributed by atoms with E-state index < -0.39 is 9.84 Å². The fourth-order valence-corrected chi connectivity index (χ4v) is 2.94. The number of sulfone groups is 1. The molecule has 0 saturated carbocycles. The second-order valence-corrected chi connectivity index (χ2v) is 7.66. The Morgan fingerprint density at radius 3 is 2.57 bits per heavy atom. The molecule has 1 aromatic carbocycles. The van der Waals surface area contributed by atoms with Gasteiger partial charge in [-0.2, -0.15) is 0 Å². The lowest BCUT2D eigenvalue weighted by molar-refractivity contribution is 0.515. The van der Waals surface area contributed by atoms with Gasteiger partial charge in [0.2, 0.25) is 0 Å². The van der Waals surface area contributed by atoms with Crippen molar-refractivity contribution in [1.29, 1.82) is 0 Å². The van der Waals surface area contributed by atoms with Gasteiger partial charge in [0.05, 0.1) is 10.8 Å². The van der Waals surface area contributed by atoms with E-state index in [0.29, 0.717) is 17.6 Å². The molecule has 7 heteroatoms. The van der Waals surface area contributed by atoms with E-state index in [9.17, 15) is 8.42 Å². The van der Waals surface area contributed by atoms with Crippen molar-refractivity contribution in [3.8, 4) is 11.4 Å². The molecule has 0 saturated heterocycles. The van der Waals surface area contributed by atoms with Crippen LogP contribution in [0.3, 0.4) is 0 Å².